The van der Waals surface area contributed by atoms with Gasteiger partial charge in [0, 0.05) is 5.54 Å². The van der Waals surface area contributed by atoms with E-state index in [2.05, 4.69) is 5.32 Å². The predicted octanol–water partition coefficient (Wildman–Crippen LogP) is 0.873. The Morgan fingerprint density at radius 2 is 1.69 bits per heavy atom. The lowest BCUT2D eigenvalue weighted by Gasteiger charge is -2.32. The number of nitrogens with two attached hydrogens (primary N) is 1. The molecule has 0 spiro atoms. The third-order valence-corrected chi connectivity index (χ3v) is 3.15. The van der Waals surface area contributed by atoms with Crippen molar-refractivity contribution in [2.45, 2.75) is 58.0 Å². The fourth-order valence-electron chi connectivity index (χ4n) is 1.65. The number of nitrogens with one attached hydrogen (secondary N) is 1. The molecule has 0 bridgehead atoms. The van der Waals surface area contributed by atoms with Crippen LogP contribution < -0.4 is 11.1 Å². The van der Waals surface area contributed by atoms with Gasteiger partial charge in [-0.2, -0.15) is 0 Å². The maximum absolute atomic E-state index is 11.7. The highest BCUT2D eigenvalue weighted by molar-refractivity contribution is 5.86. The average Bonchev–Trinajstić information content (AvgIpc) is 2.25. The number of carbonyl (C=O) groups excluding carboxylic acids is 1. The molecule has 0 aromatic heterocycles. The Kier molecular flexibility index (Phi) is 6.03. The lowest BCUT2D eigenvalue weighted by atomic mass is 9.89. The summed E-state index contributed by atoms with van der Waals surface area (Å²) in [6.45, 7) is 5.99. The van der Waals surface area contributed by atoms with Crippen LogP contribution in [0.3, 0.4) is 0 Å². The van der Waals surface area contributed by atoms with Gasteiger partial charge in [-0.3, -0.25) is 9.59 Å². The summed E-state index contributed by atoms with van der Waals surface area (Å²) in [5.41, 5.74) is 5.24. The van der Waals surface area contributed by atoms with Gasteiger partial charge in [-0.05, 0) is 19.3 Å². The summed E-state index contributed by atoms with van der Waals surface area (Å²) in [4.78, 5) is 22.1. The standard InChI is InChI=1S/C11H22N2O3/c1-4-11(5-2,6-3)13-10(16)8(12)7-9(14)15/h8H,4-7,12H2,1-3H3,(H,13,16)(H,14,15). The van der Waals surface area contributed by atoms with Crippen molar-refractivity contribution >= 4 is 11.9 Å². The van der Waals surface area contributed by atoms with Crippen LogP contribution in [0, 0.1) is 0 Å². The Hall–Kier alpha value is -1.10. The monoisotopic (exact) mass is 230 g/mol. The van der Waals surface area contributed by atoms with Crippen LogP contribution in [0.2, 0.25) is 0 Å². The minimum atomic E-state index is -1.06. The highest BCUT2D eigenvalue weighted by Crippen LogP contribution is 2.19. The maximum atomic E-state index is 11.7. The summed E-state index contributed by atoms with van der Waals surface area (Å²) >= 11 is 0. The Bertz CT molecular complexity index is 241. The van der Waals surface area contributed by atoms with E-state index in [-0.39, 0.29) is 17.9 Å². The summed E-state index contributed by atoms with van der Waals surface area (Å²) in [6, 6.07) is -0.971. The third-order valence-electron chi connectivity index (χ3n) is 3.15. The fraction of sp³-hybridized carbons (Fsp3) is 0.818. The van der Waals surface area contributed by atoms with Gasteiger partial charge in [0.15, 0.2) is 0 Å². The van der Waals surface area contributed by atoms with E-state index in [0.29, 0.717) is 0 Å². The van der Waals surface area contributed by atoms with Gasteiger partial charge in [-0.1, -0.05) is 20.8 Å². The number of hydrogen-bond donors (Lipinski definition) is 3. The molecular weight excluding hydrogens is 208 g/mol. The van der Waals surface area contributed by atoms with Gasteiger partial charge < -0.3 is 16.2 Å². The van der Waals surface area contributed by atoms with E-state index in [0.717, 1.165) is 19.3 Å². The zero-order chi connectivity index (χ0) is 12.8. The van der Waals surface area contributed by atoms with Crippen molar-refractivity contribution < 1.29 is 14.7 Å². The fourth-order valence-corrected chi connectivity index (χ4v) is 1.65. The van der Waals surface area contributed by atoms with Gasteiger partial charge in [0.25, 0.3) is 0 Å². The predicted molar refractivity (Wildman–Crippen MR) is 62.0 cm³/mol. The second kappa shape index (κ2) is 6.48. The van der Waals surface area contributed by atoms with E-state index < -0.39 is 12.0 Å². The molecule has 0 aliphatic heterocycles. The average molecular weight is 230 g/mol. The summed E-state index contributed by atoms with van der Waals surface area (Å²) in [6.07, 6.45) is 2.10. The largest absolute Gasteiger partial charge is 0.481 e. The second-order valence-corrected chi connectivity index (χ2v) is 4.03. The molecule has 5 nitrogen and oxygen atoms in total. The van der Waals surface area contributed by atoms with Gasteiger partial charge in [0.05, 0.1) is 12.5 Å². The second-order valence-electron chi connectivity index (χ2n) is 4.03. The van der Waals surface area contributed by atoms with E-state index >= 15 is 0 Å². The third kappa shape index (κ3) is 4.18. The van der Waals surface area contributed by atoms with Crippen LogP contribution in [-0.2, 0) is 9.59 Å². The van der Waals surface area contributed by atoms with Crippen LogP contribution in [0.25, 0.3) is 0 Å². The van der Waals surface area contributed by atoms with Gasteiger partial charge in [-0.15, -0.1) is 0 Å². The normalized spacial score (nSPS) is 13.2. The zero-order valence-electron chi connectivity index (χ0n) is 10.2. The van der Waals surface area contributed by atoms with Gasteiger partial charge in [0.2, 0.25) is 5.91 Å². The van der Waals surface area contributed by atoms with Crippen LogP contribution in [0.1, 0.15) is 46.5 Å². The number of aliphatic carboxylic acids is 1. The smallest absolute Gasteiger partial charge is 0.305 e. The molecule has 0 radical (unpaired) electrons. The van der Waals surface area contributed by atoms with Gasteiger partial charge in [0.1, 0.15) is 0 Å². The molecule has 4 N–H and O–H groups in total. The molecule has 0 aliphatic rings. The number of hydrogen-bond acceptors (Lipinski definition) is 3. The van der Waals surface area contributed by atoms with E-state index in [1.165, 1.54) is 0 Å². The first-order valence-electron chi connectivity index (χ1n) is 5.70. The Labute approximate surface area is 96.4 Å². The van der Waals surface area contributed by atoms with Crippen molar-refractivity contribution in [1.29, 1.82) is 0 Å². The van der Waals surface area contributed by atoms with Crippen LogP contribution in [0.5, 0.6) is 0 Å². The highest BCUT2D eigenvalue weighted by Gasteiger charge is 2.28. The van der Waals surface area contributed by atoms with Crippen molar-refractivity contribution in [3.05, 3.63) is 0 Å². The van der Waals surface area contributed by atoms with E-state index in [1.54, 1.807) is 0 Å². The first-order chi connectivity index (χ1) is 7.40. The van der Waals surface area contributed by atoms with Crippen LogP contribution >= 0.6 is 0 Å². The summed E-state index contributed by atoms with van der Waals surface area (Å²) in [5, 5.41) is 11.4. The van der Waals surface area contributed by atoms with Crippen molar-refractivity contribution in [3.63, 3.8) is 0 Å². The maximum Gasteiger partial charge on any atom is 0.305 e. The molecule has 0 saturated carbocycles. The van der Waals surface area contributed by atoms with Crippen LogP contribution in [-0.4, -0.2) is 28.6 Å². The van der Waals surface area contributed by atoms with E-state index in [9.17, 15) is 9.59 Å². The first-order valence-corrected chi connectivity index (χ1v) is 5.70. The highest BCUT2D eigenvalue weighted by atomic mass is 16.4. The van der Waals surface area contributed by atoms with Crippen molar-refractivity contribution in [1.82, 2.24) is 5.32 Å². The number of amides is 1. The Balaban J connectivity index is 4.45. The molecular formula is C11H22N2O3. The molecule has 0 aromatic rings. The molecule has 0 rings (SSSR count). The molecule has 0 aromatic carbocycles. The number of carboxylic acids is 1. The number of carbonyl (C=O) groups is 2. The molecule has 94 valence electrons. The molecule has 16 heavy (non-hydrogen) atoms. The van der Waals surface area contributed by atoms with Crippen LogP contribution in [0.4, 0.5) is 0 Å². The minimum absolute atomic E-state index is 0.257. The lowest BCUT2D eigenvalue weighted by Crippen LogP contribution is -2.53. The number of carboxylic acid groups (broad SMARTS) is 1. The van der Waals surface area contributed by atoms with E-state index in [1.807, 2.05) is 20.8 Å². The Morgan fingerprint density at radius 3 is 2.00 bits per heavy atom. The molecule has 0 saturated heterocycles. The lowest BCUT2D eigenvalue weighted by molar-refractivity contribution is -0.139. The molecule has 0 aliphatic carbocycles. The zero-order valence-corrected chi connectivity index (χ0v) is 10.2. The summed E-state index contributed by atoms with van der Waals surface area (Å²) in [7, 11) is 0. The summed E-state index contributed by atoms with van der Waals surface area (Å²) in [5.74, 6) is -1.44. The van der Waals surface area contributed by atoms with Crippen LogP contribution in [0.15, 0.2) is 0 Å². The molecule has 5 heteroatoms. The summed E-state index contributed by atoms with van der Waals surface area (Å²) < 4.78 is 0. The van der Waals surface area contributed by atoms with Crippen molar-refractivity contribution in [2.24, 2.45) is 5.73 Å². The molecule has 1 amide bonds. The topological polar surface area (TPSA) is 92.4 Å². The molecule has 1 unspecified atom stereocenters. The van der Waals surface area contributed by atoms with Gasteiger partial charge >= 0.3 is 5.97 Å². The Morgan fingerprint density at radius 1 is 1.25 bits per heavy atom. The van der Waals surface area contributed by atoms with Crippen molar-refractivity contribution in [2.75, 3.05) is 0 Å². The molecule has 0 heterocycles. The quantitative estimate of drug-likeness (QED) is 0.605. The minimum Gasteiger partial charge on any atom is -0.481 e. The van der Waals surface area contributed by atoms with E-state index in [4.69, 9.17) is 10.8 Å². The molecule has 1 atom stereocenters. The molecule has 0 fully saturated rings. The first kappa shape index (κ1) is 14.9. The van der Waals surface area contributed by atoms with Crippen molar-refractivity contribution in [3.8, 4) is 0 Å². The van der Waals surface area contributed by atoms with Gasteiger partial charge in [-0.25, -0.2) is 0 Å². The number of rotatable bonds is 7. The SMILES string of the molecule is CCC(CC)(CC)NC(=O)C(N)CC(=O)O.